The Bertz CT molecular complexity index is 970. The van der Waals surface area contributed by atoms with Crippen LogP contribution in [0.15, 0.2) is 30.3 Å². The number of allylic oxidation sites excluding steroid dienone is 1. The topological polar surface area (TPSA) is 97.4 Å². The number of fused-ring (bicyclic) bond motifs is 1. The zero-order valence-corrected chi connectivity index (χ0v) is 16.2. The van der Waals surface area contributed by atoms with Crippen molar-refractivity contribution in [1.29, 1.82) is 0 Å². The molecule has 0 fully saturated rings. The molecule has 0 bridgehead atoms. The van der Waals surface area contributed by atoms with E-state index in [9.17, 15) is 13.2 Å². The van der Waals surface area contributed by atoms with Gasteiger partial charge in [-0.25, -0.2) is 9.17 Å². The van der Waals surface area contributed by atoms with Crippen molar-refractivity contribution in [1.82, 2.24) is 9.71 Å². The van der Waals surface area contributed by atoms with Gasteiger partial charge in [0.05, 0.1) is 10.6 Å². The van der Waals surface area contributed by atoms with Crippen molar-refractivity contribution in [3.63, 3.8) is 0 Å². The number of halogens is 1. The second-order valence-electron chi connectivity index (χ2n) is 5.43. The van der Waals surface area contributed by atoms with E-state index in [1.807, 2.05) is 29.0 Å². The average molecular weight is 414 g/mol. The number of anilines is 1. The molecule has 0 radical (unpaired) electrons. The summed E-state index contributed by atoms with van der Waals surface area (Å²) in [4.78, 5) is 17.3. The molecule has 138 valence electrons. The highest BCUT2D eigenvalue weighted by atomic mass is 35.5. The molecular weight excluding hydrogens is 398 g/mol. The van der Waals surface area contributed by atoms with E-state index in [1.165, 1.54) is 18.4 Å². The van der Waals surface area contributed by atoms with Crippen molar-refractivity contribution in [3.05, 3.63) is 51.5 Å². The van der Waals surface area contributed by atoms with E-state index in [4.69, 9.17) is 11.6 Å². The fourth-order valence-electron chi connectivity index (χ4n) is 2.48. The van der Waals surface area contributed by atoms with Crippen molar-refractivity contribution in [2.24, 2.45) is 0 Å². The summed E-state index contributed by atoms with van der Waals surface area (Å²) < 4.78 is 28.9. The number of nitrogens with zero attached hydrogens (tertiary/aromatic N) is 1. The maximum atomic E-state index is 11.9. The molecule has 1 aromatic heterocycles. The third-order valence-electron chi connectivity index (χ3n) is 3.65. The predicted octanol–water partition coefficient (Wildman–Crippen LogP) is 2.59. The molecule has 3 rings (SSSR count). The molecule has 2 aromatic rings. The number of amides is 1. The van der Waals surface area contributed by atoms with Crippen LogP contribution in [0.4, 0.5) is 5.13 Å². The maximum Gasteiger partial charge on any atom is 0.336 e. The van der Waals surface area contributed by atoms with Crippen LogP contribution in [-0.2, 0) is 25.7 Å². The van der Waals surface area contributed by atoms with Crippen LogP contribution >= 0.6 is 22.9 Å². The van der Waals surface area contributed by atoms with Crippen LogP contribution in [0.25, 0.3) is 5.57 Å². The first-order valence-electron chi connectivity index (χ1n) is 7.72. The van der Waals surface area contributed by atoms with Crippen molar-refractivity contribution in [3.8, 4) is 0 Å². The Morgan fingerprint density at radius 3 is 2.96 bits per heavy atom. The maximum absolute atomic E-state index is 11.9. The number of carbonyl (C=O) groups is 1. The minimum absolute atomic E-state index is 0.403. The van der Waals surface area contributed by atoms with Gasteiger partial charge in [-0.1, -0.05) is 41.1 Å². The van der Waals surface area contributed by atoms with E-state index in [-0.39, 0.29) is 0 Å². The molecule has 10 heteroatoms. The molecule has 1 aliphatic carbocycles. The number of aromatic nitrogens is 1. The first-order chi connectivity index (χ1) is 12.4. The summed E-state index contributed by atoms with van der Waals surface area (Å²) in [6, 6.07) is 7.56. The fraction of sp³-hybridized carbons (Fsp3) is 0.250. The monoisotopic (exact) mass is 413 g/mol. The predicted molar refractivity (Wildman–Crippen MR) is 102 cm³/mol. The summed E-state index contributed by atoms with van der Waals surface area (Å²) in [5, 5.41) is 3.63. The molecule has 26 heavy (non-hydrogen) atoms. The first kappa shape index (κ1) is 19.0. The molecule has 0 atom stereocenters. The lowest BCUT2D eigenvalue weighted by atomic mass is 9.96. The summed E-state index contributed by atoms with van der Waals surface area (Å²) in [7, 11) is -2.71. The minimum Gasteiger partial charge on any atom is -0.300 e. The first-order valence-corrected chi connectivity index (χ1v) is 10.3. The number of aryl methyl sites for hydroxylation is 1. The molecular formula is C16H16ClN3O4S2. The molecule has 0 spiro atoms. The van der Waals surface area contributed by atoms with Gasteiger partial charge in [-0.3, -0.25) is 10.1 Å². The van der Waals surface area contributed by atoms with E-state index < -0.39 is 22.8 Å². The Morgan fingerprint density at radius 1 is 1.42 bits per heavy atom. The number of hydrogen-bond acceptors (Lipinski definition) is 6. The number of carbonyl (C=O) groups excluding carboxylic acids is 1. The third kappa shape index (κ3) is 4.49. The Morgan fingerprint density at radius 2 is 2.23 bits per heavy atom. The van der Waals surface area contributed by atoms with Crippen LogP contribution < -0.4 is 10.0 Å². The van der Waals surface area contributed by atoms with Gasteiger partial charge in [0.2, 0.25) is 0 Å². The van der Waals surface area contributed by atoms with Gasteiger partial charge in [0.1, 0.15) is 6.61 Å². The van der Waals surface area contributed by atoms with Crippen LogP contribution in [0.1, 0.15) is 22.6 Å². The van der Waals surface area contributed by atoms with Gasteiger partial charge in [0.25, 0.3) is 5.91 Å². The standard InChI is InChI=1S/C16H16ClN3O4S2/c1-18-26(22,23)24-9-14(21)20-16-19-13-7-3-6-12(15(13)25-16)10-4-2-5-11(17)8-10/h2,4-6,8,18H,3,7,9H2,1H3,(H,19,20,21). The van der Waals surface area contributed by atoms with Gasteiger partial charge in [0, 0.05) is 12.1 Å². The molecule has 0 saturated heterocycles. The summed E-state index contributed by atoms with van der Waals surface area (Å²) in [5.74, 6) is -0.594. The lowest BCUT2D eigenvalue weighted by molar-refractivity contribution is -0.118. The summed E-state index contributed by atoms with van der Waals surface area (Å²) in [6.45, 7) is -0.621. The second-order valence-corrected chi connectivity index (χ2v) is 8.42. The number of nitrogens with one attached hydrogen (secondary N) is 2. The smallest absolute Gasteiger partial charge is 0.300 e. The zero-order chi connectivity index (χ0) is 18.7. The number of rotatable bonds is 6. The van der Waals surface area contributed by atoms with E-state index in [0.29, 0.717) is 10.2 Å². The summed E-state index contributed by atoms with van der Waals surface area (Å²) in [5.41, 5.74) is 2.91. The van der Waals surface area contributed by atoms with Crippen molar-refractivity contribution in [2.45, 2.75) is 12.8 Å². The lowest BCUT2D eigenvalue weighted by Crippen LogP contribution is -2.27. The van der Waals surface area contributed by atoms with Gasteiger partial charge in [0.15, 0.2) is 5.13 Å². The number of benzene rings is 1. The van der Waals surface area contributed by atoms with Crippen molar-refractivity contribution >= 4 is 49.9 Å². The molecule has 2 N–H and O–H groups in total. The second kappa shape index (κ2) is 7.85. The molecule has 0 saturated carbocycles. The minimum atomic E-state index is -3.91. The molecule has 1 heterocycles. The van der Waals surface area contributed by atoms with Gasteiger partial charge in [-0.05, 0) is 36.1 Å². The highest BCUT2D eigenvalue weighted by molar-refractivity contribution is 7.84. The molecule has 0 unspecified atom stereocenters. The number of hydrogen-bond donors (Lipinski definition) is 2. The lowest BCUT2D eigenvalue weighted by Gasteiger charge is -2.12. The van der Waals surface area contributed by atoms with E-state index in [1.54, 1.807) is 0 Å². The van der Waals surface area contributed by atoms with Gasteiger partial charge in [-0.2, -0.15) is 13.1 Å². The van der Waals surface area contributed by atoms with E-state index >= 15 is 0 Å². The molecule has 1 aromatic carbocycles. The van der Waals surface area contributed by atoms with Crippen LogP contribution in [0.3, 0.4) is 0 Å². The van der Waals surface area contributed by atoms with Gasteiger partial charge in [-0.15, -0.1) is 0 Å². The zero-order valence-electron chi connectivity index (χ0n) is 13.8. The number of thiazole rings is 1. The molecule has 7 nitrogen and oxygen atoms in total. The fourth-order valence-corrected chi connectivity index (χ4v) is 4.14. The highest BCUT2D eigenvalue weighted by Crippen LogP contribution is 2.38. The Labute approximate surface area is 160 Å². The van der Waals surface area contributed by atoms with Crippen LogP contribution in [0.5, 0.6) is 0 Å². The quantitative estimate of drug-likeness (QED) is 0.758. The summed E-state index contributed by atoms with van der Waals surface area (Å²) in [6.07, 6.45) is 3.74. The van der Waals surface area contributed by atoms with Crippen LogP contribution in [-0.4, -0.2) is 33.0 Å². The van der Waals surface area contributed by atoms with Crippen molar-refractivity contribution in [2.75, 3.05) is 19.0 Å². The SMILES string of the molecule is CNS(=O)(=O)OCC(=O)Nc1nc2c(s1)C(c1cccc(Cl)c1)=CCC2. The van der Waals surface area contributed by atoms with Crippen LogP contribution in [0.2, 0.25) is 5.02 Å². The molecule has 1 aliphatic rings. The average Bonchev–Trinajstić information content (AvgIpc) is 3.02. The Kier molecular flexibility index (Phi) is 5.73. The Hall–Kier alpha value is -1.78. The van der Waals surface area contributed by atoms with Crippen LogP contribution in [0, 0.1) is 0 Å². The van der Waals surface area contributed by atoms with Crippen molar-refractivity contribution < 1.29 is 17.4 Å². The normalized spacial score (nSPS) is 13.8. The Balaban J connectivity index is 1.76. The molecule has 1 amide bonds. The van der Waals surface area contributed by atoms with Gasteiger partial charge < -0.3 is 0 Å². The largest absolute Gasteiger partial charge is 0.336 e. The summed E-state index contributed by atoms with van der Waals surface area (Å²) >= 11 is 7.42. The molecule has 0 aliphatic heterocycles. The third-order valence-corrected chi connectivity index (χ3v) is 5.86. The highest BCUT2D eigenvalue weighted by Gasteiger charge is 2.21. The van der Waals surface area contributed by atoms with Gasteiger partial charge >= 0.3 is 10.3 Å². The van der Waals surface area contributed by atoms with E-state index in [0.717, 1.165) is 34.5 Å². The van der Waals surface area contributed by atoms with E-state index in [2.05, 4.69) is 20.6 Å².